The normalized spacial score (nSPS) is 14.9. The summed E-state index contributed by atoms with van der Waals surface area (Å²) in [4.78, 5) is 104. The number of carbonyl (C=O) groups is 8. The molecule has 0 bridgehead atoms. The highest BCUT2D eigenvalue weighted by Gasteiger charge is 2.35. The van der Waals surface area contributed by atoms with E-state index in [1.54, 1.807) is 42.5 Å². The predicted octanol–water partition coefficient (Wildman–Crippen LogP) is -4.74. The van der Waals surface area contributed by atoms with Gasteiger partial charge in [0.15, 0.2) is 0 Å². The van der Waals surface area contributed by atoms with E-state index < -0.39 is 115 Å². The zero-order valence-electron chi connectivity index (χ0n) is 33.6. The average Bonchev–Trinajstić information content (AvgIpc) is 3.22. The lowest BCUT2D eigenvalue weighted by atomic mass is 10.0. The molecule has 22 nitrogen and oxygen atoms in total. The van der Waals surface area contributed by atoms with Crippen molar-refractivity contribution in [3.05, 3.63) is 65.7 Å². The Morgan fingerprint density at radius 3 is 1.62 bits per heavy atom. The summed E-state index contributed by atoms with van der Waals surface area (Å²) in [5.41, 5.74) is 18.1. The second-order valence-electron chi connectivity index (χ2n) is 14.2. The van der Waals surface area contributed by atoms with Crippen LogP contribution in [0.1, 0.15) is 50.2 Å². The van der Waals surface area contributed by atoms with Gasteiger partial charge in [0.05, 0.1) is 25.4 Å². The van der Waals surface area contributed by atoms with Gasteiger partial charge in [0.1, 0.15) is 42.0 Å². The first kappa shape index (κ1) is 50.9. The molecule has 0 aromatic heterocycles. The highest BCUT2D eigenvalue weighted by Crippen LogP contribution is 2.12. The van der Waals surface area contributed by atoms with Crippen LogP contribution in [0.2, 0.25) is 0 Å². The van der Waals surface area contributed by atoms with Crippen molar-refractivity contribution < 1.29 is 63.9 Å². The molecule has 0 radical (unpaired) electrons. The second kappa shape index (κ2) is 26.1. The number of unbranched alkanes of at least 4 members (excludes halogenated alkanes) is 1. The number of carbonyl (C=O) groups excluding carboxylic acids is 7. The number of carboxylic acid groups (broad SMARTS) is 1. The summed E-state index contributed by atoms with van der Waals surface area (Å²) in [6.45, 7) is -0.535. The third-order valence-electron chi connectivity index (χ3n) is 9.21. The number of hydrogen-bond acceptors (Lipinski definition) is 14. The molecule has 0 aliphatic rings. The van der Waals surface area contributed by atoms with Gasteiger partial charge in [0.25, 0.3) is 0 Å². The van der Waals surface area contributed by atoms with Gasteiger partial charge in [-0.3, -0.25) is 33.6 Å². The standard InChI is InChI=1S/C39H57N9O13/c1-21(51)32(38(59)47-30(20-50)39(60)61)48-36(57)28(18-22-7-3-2-4-8-22)45-35(56)27(14-15-31(42)53)44-34(55)26(9-5-6-16-40)43-37(58)29(19-49)46-33(54)25(41)17-23-10-12-24(52)13-11-23/h2-4,7-8,10-13,21,25-30,32,49-52H,5-6,9,14-20,40-41H2,1H3,(H2,42,53)(H,43,58)(H,44,55)(H,45,56)(H,46,54)(H,47,59)(H,48,57)(H,60,61)/t21-,25+,26+,27+,28+,29+,30+,32+/m1/s1. The zero-order valence-corrected chi connectivity index (χ0v) is 33.6. The first-order valence-corrected chi connectivity index (χ1v) is 19.4. The summed E-state index contributed by atoms with van der Waals surface area (Å²) in [6, 6.07) is 3.39. The molecule has 0 aliphatic heterocycles. The minimum absolute atomic E-state index is 0.00335. The summed E-state index contributed by atoms with van der Waals surface area (Å²) >= 11 is 0. The van der Waals surface area contributed by atoms with E-state index >= 15 is 0 Å². The summed E-state index contributed by atoms with van der Waals surface area (Å²) in [7, 11) is 0. The zero-order chi connectivity index (χ0) is 45.6. The Labute approximate surface area is 351 Å². The first-order chi connectivity index (χ1) is 28.9. The van der Waals surface area contributed by atoms with Gasteiger partial charge < -0.3 is 74.6 Å². The van der Waals surface area contributed by atoms with Crippen LogP contribution in [-0.2, 0) is 51.2 Å². The number of phenolic OH excluding ortho intramolecular Hbond substituents is 1. The molecule has 0 fully saturated rings. The van der Waals surface area contributed by atoms with E-state index in [1.165, 1.54) is 12.1 Å². The van der Waals surface area contributed by atoms with Gasteiger partial charge in [-0.05, 0) is 68.8 Å². The molecule has 2 rings (SSSR count). The number of amides is 7. The number of aliphatic hydroxyl groups is 3. The molecule has 2 aromatic carbocycles. The smallest absolute Gasteiger partial charge is 0.328 e. The predicted molar refractivity (Wildman–Crippen MR) is 216 cm³/mol. The van der Waals surface area contributed by atoms with Crippen molar-refractivity contribution in [3.63, 3.8) is 0 Å². The Morgan fingerprint density at radius 1 is 0.607 bits per heavy atom. The lowest BCUT2D eigenvalue weighted by Gasteiger charge is -2.28. The number of aliphatic hydroxyl groups excluding tert-OH is 3. The molecule has 8 atom stereocenters. The lowest BCUT2D eigenvalue weighted by Crippen LogP contribution is -2.61. The van der Waals surface area contributed by atoms with Crippen LogP contribution in [0.5, 0.6) is 5.75 Å². The van der Waals surface area contributed by atoms with E-state index in [2.05, 4.69) is 26.6 Å². The Balaban J connectivity index is 2.34. The van der Waals surface area contributed by atoms with Gasteiger partial charge in [0, 0.05) is 12.8 Å². The van der Waals surface area contributed by atoms with Crippen LogP contribution in [0.3, 0.4) is 0 Å². The molecule has 0 unspecified atom stereocenters. The van der Waals surface area contributed by atoms with Gasteiger partial charge in [-0.15, -0.1) is 0 Å². The Morgan fingerprint density at radius 2 is 1.10 bits per heavy atom. The molecule has 7 amide bonds. The fraction of sp³-hybridized carbons (Fsp3) is 0.487. The minimum Gasteiger partial charge on any atom is -0.508 e. The number of primary amides is 1. The van der Waals surface area contributed by atoms with Gasteiger partial charge in [-0.25, -0.2) is 4.79 Å². The summed E-state index contributed by atoms with van der Waals surface area (Å²) in [6.07, 6.45) is -1.93. The fourth-order valence-corrected chi connectivity index (χ4v) is 5.75. The summed E-state index contributed by atoms with van der Waals surface area (Å²) < 4.78 is 0. The number of rotatable bonds is 27. The van der Waals surface area contributed by atoms with E-state index in [0.29, 0.717) is 24.0 Å². The molecule has 22 heteroatoms. The van der Waals surface area contributed by atoms with Crippen molar-refractivity contribution in [2.75, 3.05) is 19.8 Å². The third-order valence-corrected chi connectivity index (χ3v) is 9.21. The largest absolute Gasteiger partial charge is 0.508 e. The molecule has 0 spiro atoms. The van der Waals surface area contributed by atoms with Crippen molar-refractivity contribution in [2.45, 2.75) is 100 Å². The monoisotopic (exact) mass is 859 g/mol. The Bertz CT molecular complexity index is 1780. The number of benzene rings is 2. The topological polar surface area (TPSA) is 388 Å². The van der Waals surface area contributed by atoms with E-state index in [1.807, 2.05) is 5.32 Å². The maximum absolute atomic E-state index is 13.9. The van der Waals surface area contributed by atoms with Crippen LogP contribution < -0.4 is 49.1 Å². The van der Waals surface area contributed by atoms with Crippen LogP contribution in [0.25, 0.3) is 0 Å². The number of hydrogen-bond donors (Lipinski definition) is 14. The molecule has 0 saturated carbocycles. The van der Waals surface area contributed by atoms with Gasteiger partial charge >= 0.3 is 5.97 Å². The molecular weight excluding hydrogens is 802 g/mol. The van der Waals surface area contributed by atoms with Gasteiger partial charge in [0.2, 0.25) is 41.4 Å². The van der Waals surface area contributed by atoms with Crippen LogP contribution in [-0.4, -0.2) is 141 Å². The quantitative estimate of drug-likeness (QED) is 0.0375. The number of aliphatic carboxylic acids is 1. The van der Waals surface area contributed by atoms with Crippen LogP contribution in [0.4, 0.5) is 0 Å². The molecule has 0 heterocycles. The van der Waals surface area contributed by atoms with Crippen LogP contribution in [0.15, 0.2) is 54.6 Å². The number of carboxylic acids is 1. The number of nitrogens with two attached hydrogens (primary N) is 3. The lowest BCUT2D eigenvalue weighted by molar-refractivity contribution is -0.144. The average molecular weight is 860 g/mol. The summed E-state index contributed by atoms with van der Waals surface area (Å²) in [5.74, 6) is -8.36. The number of aromatic hydroxyl groups is 1. The molecular formula is C39H57N9O13. The summed E-state index contributed by atoms with van der Waals surface area (Å²) in [5, 5.41) is 62.5. The van der Waals surface area contributed by atoms with E-state index in [-0.39, 0.29) is 38.0 Å². The fourth-order valence-electron chi connectivity index (χ4n) is 5.75. The van der Waals surface area contributed by atoms with E-state index in [9.17, 15) is 63.9 Å². The minimum atomic E-state index is -1.77. The van der Waals surface area contributed by atoms with E-state index in [0.717, 1.165) is 6.92 Å². The van der Waals surface area contributed by atoms with Crippen molar-refractivity contribution >= 4 is 47.3 Å². The van der Waals surface area contributed by atoms with Crippen molar-refractivity contribution in [2.24, 2.45) is 17.2 Å². The van der Waals surface area contributed by atoms with Crippen molar-refractivity contribution in [1.82, 2.24) is 31.9 Å². The Kier molecular flexibility index (Phi) is 21.8. The maximum Gasteiger partial charge on any atom is 0.328 e. The second-order valence-corrected chi connectivity index (χ2v) is 14.2. The third kappa shape index (κ3) is 17.9. The van der Waals surface area contributed by atoms with Gasteiger partial charge in [-0.2, -0.15) is 0 Å². The maximum atomic E-state index is 13.9. The van der Waals surface area contributed by atoms with E-state index in [4.69, 9.17) is 17.2 Å². The molecule has 0 aliphatic carbocycles. The molecule has 17 N–H and O–H groups in total. The van der Waals surface area contributed by atoms with Crippen molar-refractivity contribution in [1.29, 1.82) is 0 Å². The van der Waals surface area contributed by atoms with Gasteiger partial charge in [-0.1, -0.05) is 42.5 Å². The first-order valence-electron chi connectivity index (χ1n) is 19.4. The highest BCUT2D eigenvalue weighted by molar-refractivity contribution is 5.97. The van der Waals surface area contributed by atoms with Crippen LogP contribution >= 0.6 is 0 Å². The molecule has 336 valence electrons. The molecule has 61 heavy (non-hydrogen) atoms. The SMILES string of the molecule is C[C@@H](O)[C@H](NC(=O)[C@H](Cc1ccccc1)NC(=O)[C@H](CCC(N)=O)NC(=O)[C@H](CCCCN)NC(=O)[C@H](CO)NC(=O)[C@@H](N)Cc1ccc(O)cc1)C(=O)N[C@@H](CO)C(=O)O. The highest BCUT2D eigenvalue weighted by atomic mass is 16.4. The molecule has 2 aromatic rings. The molecule has 0 saturated heterocycles. The number of phenols is 1. The van der Waals surface area contributed by atoms with Crippen molar-refractivity contribution in [3.8, 4) is 5.75 Å². The number of nitrogens with one attached hydrogen (secondary N) is 6. The Hall–Kier alpha value is -6.20. The van der Waals surface area contributed by atoms with Crippen LogP contribution in [0, 0.1) is 0 Å².